The van der Waals surface area contributed by atoms with Crippen LogP contribution >= 0.6 is 0 Å². The second-order valence-corrected chi connectivity index (χ2v) is 5.47. The van der Waals surface area contributed by atoms with E-state index >= 15 is 0 Å². The monoisotopic (exact) mass is 261 g/mol. The van der Waals surface area contributed by atoms with Gasteiger partial charge in [-0.3, -0.25) is 4.90 Å². The molecule has 1 saturated heterocycles. The van der Waals surface area contributed by atoms with Gasteiger partial charge in [0, 0.05) is 13.1 Å². The molecule has 0 saturated carbocycles. The third-order valence-electron chi connectivity index (χ3n) is 2.94. The number of carbonyl (C=O) groups is 1. The fraction of sp³-hybridized carbons (Fsp3) is 0.909. The summed E-state index contributed by atoms with van der Waals surface area (Å²) in [5, 5.41) is 19.7. The summed E-state index contributed by atoms with van der Waals surface area (Å²) in [6.45, 7) is 5.29. The number of rotatable bonds is 2. The minimum Gasteiger partial charge on any atom is -0.444 e. The number of aliphatic hydroxyl groups excluding tert-OH is 2. The molecular formula is C11H23N3O4. The highest BCUT2D eigenvalue weighted by molar-refractivity contribution is 5.70. The largest absolute Gasteiger partial charge is 0.444 e. The SMILES string of the molecule is CC(C)(C)OC(=O)N1[C@H](CN)[C@@H](O)[C@H](O)[C@H]1CN. The van der Waals surface area contributed by atoms with E-state index in [0.29, 0.717) is 0 Å². The van der Waals surface area contributed by atoms with E-state index in [1.807, 2.05) is 0 Å². The zero-order valence-electron chi connectivity index (χ0n) is 11.0. The number of ether oxygens (including phenoxy) is 1. The van der Waals surface area contributed by atoms with Crippen LogP contribution in [0, 0.1) is 0 Å². The highest BCUT2D eigenvalue weighted by atomic mass is 16.6. The van der Waals surface area contributed by atoms with Crippen LogP contribution in [0.4, 0.5) is 4.79 Å². The van der Waals surface area contributed by atoms with Gasteiger partial charge < -0.3 is 26.4 Å². The topological polar surface area (TPSA) is 122 Å². The van der Waals surface area contributed by atoms with E-state index < -0.39 is 36.0 Å². The van der Waals surface area contributed by atoms with Crippen molar-refractivity contribution in [1.29, 1.82) is 0 Å². The summed E-state index contributed by atoms with van der Waals surface area (Å²) in [6, 6.07) is -1.35. The van der Waals surface area contributed by atoms with Gasteiger partial charge in [-0.2, -0.15) is 0 Å². The molecule has 1 heterocycles. The smallest absolute Gasteiger partial charge is 0.411 e. The molecule has 1 aliphatic heterocycles. The first-order valence-electron chi connectivity index (χ1n) is 6.00. The summed E-state index contributed by atoms with van der Waals surface area (Å²) in [5.41, 5.74) is 10.4. The molecule has 7 heteroatoms. The maximum atomic E-state index is 12.1. The Morgan fingerprint density at radius 2 is 1.56 bits per heavy atom. The average Bonchev–Trinajstić information content (AvgIpc) is 2.49. The molecule has 18 heavy (non-hydrogen) atoms. The number of nitrogens with two attached hydrogens (primary N) is 2. The van der Waals surface area contributed by atoms with Gasteiger partial charge in [0.25, 0.3) is 0 Å². The standard InChI is InChI=1S/C11H23N3O4/c1-11(2,3)18-10(17)14-6(4-12)8(15)9(16)7(14)5-13/h6-9,15-16H,4-5,12-13H2,1-3H3/t6-,7-,8-,9-/m1/s1. The fourth-order valence-electron chi connectivity index (χ4n) is 2.12. The van der Waals surface area contributed by atoms with Crippen molar-refractivity contribution < 1.29 is 19.7 Å². The highest BCUT2D eigenvalue weighted by Crippen LogP contribution is 2.26. The van der Waals surface area contributed by atoms with E-state index in [2.05, 4.69) is 0 Å². The van der Waals surface area contributed by atoms with Gasteiger partial charge in [-0.15, -0.1) is 0 Å². The highest BCUT2D eigenvalue weighted by Gasteiger charge is 2.49. The number of carbonyl (C=O) groups excluding carboxylic acids is 1. The van der Waals surface area contributed by atoms with Crippen LogP contribution in [0.5, 0.6) is 0 Å². The predicted molar refractivity (Wildman–Crippen MR) is 65.8 cm³/mol. The van der Waals surface area contributed by atoms with Crippen LogP contribution in [0.2, 0.25) is 0 Å². The lowest BCUT2D eigenvalue weighted by atomic mass is 10.1. The van der Waals surface area contributed by atoms with Crippen LogP contribution in [-0.4, -0.2) is 64.2 Å². The first-order chi connectivity index (χ1) is 8.22. The Balaban J connectivity index is 2.91. The summed E-state index contributed by atoms with van der Waals surface area (Å²) < 4.78 is 5.24. The van der Waals surface area contributed by atoms with E-state index in [0.717, 1.165) is 0 Å². The van der Waals surface area contributed by atoms with Gasteiger partial charge in [-0.1, -0.05) is 0 Å². The van der Waals surface area contributed by atoms with E-state index in [-0.39, 0.29) is 13.1 Å². The summed E-state index contributed by atoms with van der Waals surface area (Å²) in [4.78, 5) is 13.3. The number of amides is 1. The molecule has 0 aliphatic carbocycles. The lowest BCUT2D eigenvalue weighted by Gasteiger charge is -2.31. The molecule has 1 fully saturated rings. The first-order valence-corrected chi connectivity index (χ1v) is 6.00. The van der Waals surface area contributed by atoms with Gasteiger partial charge in [0.05, 0.1) is 12.1 Å². The number of aliphatic hydroxyl groups is 2. The lowest BCUT2D eigenvalue weighted by molar-refractivity contribution is 0.00993. The average molecular weight is 261 g/mol. The molecule has 1 amide bonds. The maximum absolute atomic E-state index is 12.1. The molecule has 0 spiro atoms. The Labute approximate surface area is 107 Å². The van der Waals surface area contributed by atoms with E-state index in [1.54, 1.807) is 20.8 Å². The molecule has 0 aromatic rings. The van der Waals surface area contributed by atoms with Crippen molar-refractivity contribution in [3.05, 3.63) is 0 Å². The van der Waals surface area contributed by atoms with Crippen molar-refractivity contribution >= 4 is 6.09 Å². The molecule has 1 rings (SSSR count). The summed E-state index contributed by atoms with van der Waals surface area (Å²) in [6.07, 6.45) is -2.82. The summed E-state index contributed by atoms with van der Waals surface area (Å²) in [5.74, 6) is 0. The molecule has 4 atom stereocenters. The normalized spacial score (nSPS) is 32.7. The third kappa shape index (κ3) is 2.92. The van der Waals surface area contributed by atoms with Crippen LogP contribution < -0.4 is 11.5 Å². The zero-order valence-corrected chi connectivity index (χ0v) is 11.0. The number of hydrogen-bond acceptors (Lipinski definition) is 6. The molecule has 0 unspecified atom stereocenters. The molecular weight excluding hydrogens is 238 g/mol. The predicted octanol–water partition coefficient (Wildman–Crippen LogP) is -1.39. The van der Waals surface area contributed by atoms with Crippen molar-refractivity contribution in [2.75, 3.05) is 13.1 Å². The minimum atomic E-state index is -1.10. The molecule has 0 aromatic carbocycles. The number of hydrogen-bond donors (Lipinski definition) is 4. The Hall–Kier alpha value is -0.890. The molecule has 1 aliphatic rings. The number of likely N-dealkylation sites (tertiary alicyclic amines) is 1. The Morgan fingerprint density at radius 1 is 1.17 bits per heavy atom. The van der Waals surface area contributed by atoms with E-state index in [4.69, 9.17) is 16.2 Å². The second-order valence-electron chi connectivity index (χ2n) is 5.47. The molecule has 7 nitrogen and oxygen atoms in total. The second kappa shape index (κ2) is 5.40. The van der Waals surface area contributed by atoms with Crippen molar-refractivity contribution in [2.24, 2.45) is 11.5 Å². The Bertz CT molecular complexity index is 289. The van der Waals surface area contributed by atoms with Gasteiger partial charge in [0.2, 0.25) is 0 Å². The molecule has 0 radical (unpaired) electrons. The maximum Gasteiger partial charge on any atom is 0.411 e. The van der Waals surface area contributed by atoms with Crippen molar-refractivity contribution in [1.82, 2.24) is 4.90 Å². The summed E-state index contributed by atoms with van der Waals surface area (Å²) >= 11 is 0. The van der Waals surface area contributed by atoms with Crippen LogP contribution in [0.25, 0.3) is 0 Å². The quantitative estimate of drug-likeness (QED) is 0.485. The van der Waals surface area contributed by atoms with Crippen LogP contribution in [0.1, 0.15) is 20.8 Å². The van der Waals surface area contributed by atoms with Crippen LogP contribution in [0.15, 0.2) is 0 Å². The van der Waals surface area contributed by atoms with Crippen LogP contribution in [0.3, 0.4) is 0 Å². The lowest BCUT2D eigenvalue weighted by Crippen LogP contribution is -2.51. The van der Waals surface area contributed by atoms with Gasteiger partial charge in [0.1, 0.15) is 17.8 Å². The Kier molecular flexibility index (Phi) is 4.55. The van der Waals surface area contributed by atoms with E-state index in [1.165, 1.54) is 4.90 Å². The Morgan fingerprint density at radius 3 is 1.83 bits per heavy atom. The summed E-state index contributed by atoms with van der Waals surface area (Å²) in [7, 11) is 0. The number of nitrogens with zero attached hydrogens (tertiary/aromatic N) is 1. The van der Waals surface area contributed by atoms with Gasteiger partial charge in [-0.05, 0) is 20.8 Å². The molecule has 0 aromatic heterocycles. The fourth-order valence-corrected chi connectivity index (χ4v) is 2.12. The van der Waals surface area contributed by atoms with Crippen molar-refractivity contribution in [3.8, 4) is 0 Å². The van der Waals surface area contributed by atoms with Gasteiger partial charge >= 0.3 is 6.09 Å². The molecule has 0 bridgehead atoms. The first kappa shape index (κ1) is 15.2. The molecule has 6 N–H and O–H groups in total. The third-order valence-corrected chi connectivity index (χ3v) is 2.94. The van der Waals surface area contributed by atoms with Gasteiger partial charge in [0.15, 0.2) is 0 Å². The van der Waals surface area contributed by atoms with Crippen LogP contribution in [-0.2, 0) is 4.74 Å². The van der Waals surface area contributed by atoms with E-state index in [9.17, 15) is 15.0 Å². The van der Waals surface area contributed by atoms with Crippen molar-refractivity contribution in [2.45, 2.75) is 50.7 Å². The van der Waals surface area contributed by atoms with Gasteiger partial charge in [-0.25, -0.2) is 4.79 Å². The molecule has 106 valence electrons. The zero-order chi connectivity index (χ0) is 14.1. The van der Waals surface area contributed by atoms with Crippen molar-refractivity contribution in [3.63, 3.8) is 0 Å². The minimum absolute atomic E-state index is 0.0357.